The number of rotatable bonds is 6. The molecule has 0 unspecified atom stereocenters. The molecule has 0 aliphatic carbocycles. The number of aromatic nitrogens is 1. The Bertz CT molecular complexity index is 358. The van der Waals surface area contributed by atoms with Gasteiger partial charge in [0.1, 0.15) is 5.15 Å². The normalized spacial score (nSPS) is 10.8. The van der Waals surface area contributed by atoms with Gasteiger partial charge in [0, 0.05) is 19.6 Å². The van der Waals surface area contributed by atoms with E-state index in [1.54, 1.807) is 18.2 Å². The number of halogens is 2. The molecule has 0 spiro atoms. The van der Waals surface area contributed by atoms with Crippen LogP contribution in [-0.2, 0) is 6.54 Å². The van der Waals surface area contributed by atoms with E-state index in [-0.39, 0.29) is 6.61 Å². The largest absolute Gasteiger partial charge is 0.395 e. The van der Waals surface area contributed by atoms with Gasteiger partial charge >= 0.3 is 0 Å². The minimum absolute atomic E-state index is 0.0893. The molecule has 0 atom stereocenters. The van der Waals surface area contributed by atoms with Gasteiger partial charge in [0.2, 0.25) is 0 Å². The highest BCUT2D eigenvalue weighted by atomic mass is 35.5. The van der Waals surface area contributed by atoms with Crippen molar-refractivity contribution in [1.29, 1.82) is 0 Å². The van der Waals surface area contributed by atoms with E-state index in [0.717, 1.165) is 0 Å². The second kappa shape index (κ2) is 6.86. The maximum Gasteiger partial charge on any atom is 0.129 e. The molecule has 5 heteroatoms. The van der Waals surface area contributed by atoms with Crippen molar-refractivity contribution in [1.82, 2.24) is 9.88 Å². The summed E-state index contributed by atoms with van der Waals surface area (Å²) in [5.41, 5.74) is 0.712. The first-order valence-electron chi connectivity index (χ1n) is 4.92. The Hall–Kier alpha value is -0.610. The first-order chi connectivity index (χ1) is 7.67. The highest BCUT2D eigenvalue weighted by Gasteiger charge is 2.08. The van der Waals surface area contributed by atoms with Crippen molar-refractivity contribution in [2.45, 2.75) is 6.54 Å². The van der Waals surface area contributed by atoms with Crippen LogP contribution in [-0.4, -0.2) is 34.7 Å². The average molecular weight is 261 g/mol. The van der Waals surface area contributed by atoms with Crippen molar-refractivity contribution in [2.75, 3.05) is 19.7 Å². The molecule has 0 radical (unpaired) electrons. The molecule has 1 aromatic heterocycles. The first-order valence-corrected chi connectivity index (χ1v) is 5.68. The Kier molecular flexibility index (Phi) is 5.77. The van der Waals surface area contributed by atoms with Gasteiger partial charge in [-0.1, -0.05) is 29.3 Å². The van der Waals surface area contributed by atoms with E-state index >= 15 is 0 Å². The smallest absolute Gasteiger partial charge is 0.129 e. The Morgan fingerprint density at radius 2 is 2.19 bits per heavy atom. The molecule has 1 rings (SSSR count). The summed E-state index contributed by atoms with van der Waals surface area (Å²) < 4.78 is 0. The maximum atomic E-state index is 8.91. The van der Waals surface area contributed by atoms with E-state index in [4.69, 9.17) is 28.3 Å². The number of aliphatic hydroxyl groups is 1. The highest BCUT2D eigenvalue weighted by Crippen LogP contribution is 2.18. The molecule has 16 heavy (non-hydrogen) atoms. The quantitative estimate of drug-likeness (QED) is 0.631. The van der Waals surface area contributed by atoms with Crippen molar-refractivity contribution in [2.24, 2.45) is 0 Å². The van der Waals surface area contributed by atoms with E-state index in [2.05, 4.69) is 11.6 Å². The topological polar surface area (TPSA) is 36.4 Å². The van der Waals surface area contributed by atoms with Crippen LogP contribution in [0.15, 0.2) is 24.8 Å². The third kappa shape index (κ3) is 4.10. The second-order valence-corrected chi connectivity index (χ2v) is 4.10. The maximum absolute atomic E-state index is 8.91. The lowest BCUT2D eigenvalue weighted by Crippen LogP contribution is -2.27. The number of nitrogens with zero attached hydrogens (tertiary/aromatic N) is 2. The minimum Gasteiger partial charge on any atom is -0.395 e. The molecule has 0 saturated heterocycles. The minimum atomic E-state index is 0.0893. The Labute approximate surface area is 105 Å². The number of hydrogen-bond acceptors (Lipinski definition) is 3. The van der Waals surface area contributed by atoms with E-state index in [9.17, 15) is 0 Å². The predicted octanol–water partition coefficient (Wildman–Crippen LogP) is 2.37. The van der Waals surface area contributed by atoms with Gasteiger partial charge in [0.05, 0.1) is 17.3 Å². The third-order valence-electron chi connectivity index (χ3n) is 2.06. The SMILES string of the molecule is C=CCN(CCO)Cc1nc(Cl)ccc1Cl. The standard InChI is InChI=1S/C11H14Cl2N2O/c1-2-5-15(6-7-16)8-10-9(12)3-4-11(13)14-10/h2-4,16H,1,5-8H2. The molecule has 88 valence electrons. The first kappa shape index (κ1) is 13.5. The summed E-state index contributed by atoms with van der Waals surface area (Å²) in [6.45, 7) is 5.52. The van der Waals surface area contributed by atoms with Crippen LogP contribution >= 0.6 is 23.2 Å². The van der Waals surface area contributed by atoms with E-state index in [1.807, 2.05) is 4.90 Å². The molecular weight excluding hydrogens is 247 g/mol. The van der Waals surface area contributed by atoms with Crippen LogP contribution < -0.4 is 0 Å². The van der Waals surface area contributed by atoms with Gasteiger partial charge in [0.15, 0.2) is 0 Å². The lowest BCUT2D eigenvalue weighted by atomic mass is 10.3. The summed E-state index contributed by atoms with van der Waals surface area (Å²) in [5.74, 6) is 0. The lowest BCUT2D eigenvalue weighted by molar-refractivity contribution is 0.202. The van der Waals surface area contributed by atoms with Gasteiger partial charge in [0.25, 0.3) is 0 Å². The third-order valence-corrected chi connectivity index (χ3v) is 2.62. The fourth-order valence-electron chi connectivity index (χ4n) is 1.34. The lowest BCUT2D eigenvalue weighted by Gasteiger charge is -2.19. The molecule has 1 aromatic rings. The van der Waals surface area contributed by atoms with Crippen LogP contribution in [0, 0.1) is 0 Å². The zero-order valence-corrected chi connectivity index (χ0v) is 10.4. The van der Waals surface area contributed by atoms with Gasteiger partial charge < -0.3 is 5.11 Å². The van der Waals surface area contributed by atoms with Crippen molar-refractivity contribution in [3.8, 4) is 0 Å². The molecule has 0 fully saturated rings. The summed E-state index contributed by atoms with van der Waals surface area (Å²) in [7, 11) is 0. The van der Waals surface area contributed by atoms with Crippen LogP contribution in [0.2, 0.25) is 10.2 Å². The number of pyridine rings is 1. The van der Waals surface area contributed by atoms with Gasteiger partial charge in [-0.15, -0.1) is 6.58 Å². The van der Waals surface area contributed by atoms with Crippen LogP contribution in [0.1, 0.15) is 5.69 Å². The number of hydrogen-bond donors (Lipinski definition) is 1. The zero-order valence-electron chi connectivity index (χ0n) is 8.87. The molecular formula is C11H14Cl2N2O. The second-order valence-electron chi connectivity index (χ2n) is 3.31. The molecule has 0 aliphatic heterocycles. The Morgan fingerprint density at radius 3 is 2.81 bits per heavy atom. The Morgan fingerprint density at radius 1 is 1.44 bits per heavy atom. The summed E-state index contributed by atoms with van der Waals surface area (Å²) in [5, 5.41) is 9.91. The predicted molar refractivity (Wildman–Crippen MR) is 66.8 cm³/mol. The van der Waals surface area contributed by atoms with Gasteiger partial charge in [-0.05, 0) is 12.1 Å². The Balaban J connectivity index is 2.75. The van der Waals surface area contributed by atoms with Gasteiger partial charge in [-0.25, -0.2) is 4.98 Å². The summed E-state index contributed by atoms with van der Waals surface area (Å²) in [6.07, 6.45) is 1.77. The fraction of sp³-hybridized carbons (Fsp3) is 0.364. The van der Waals surface area contributed by atoms with Crippen LogP contribution in [0.3, 0.4) is 0 Å². The number of aliphatic hydroxyl groups excluding tert-OH is 1. The monoisotopic (exact) mass is 260 g/mol. The van der Waals surface area contributed by atoms with E-state index in [0.29, 0.717) is 35.5 Å². The van der Waals surface area contributed by atoms with Crippen LogP contribution in [0.4, 0.5) is 0 Å². The molecule has 0 aliphatic rings. The van der Waals surface area contributed by atoms with Crippen molar-refractivity contribution in [3.63, 3.8) is 0 Å². The highest BCUT2D eigenvalue weighted by molar-refractivity contribution is 6.32. The molecule has 0 bridgehead atoms. The van der Waals surface area contributed by atoms with Crippen molar-refractivity contribution >= 4 is 23.2 Å². The summed E-state index contributed by atoms with van der Waals surface area (Å²) >= 11 is 11.8. The zero-order chi connectivity index (χ0) is 12.0. The van der Waals surface area contributed by atoms with Gasteiger partial charge in [-0.3, -0.25) is 4.90 Å². The van der Waals surface area contributed by atoms with Crippen LogP contribution in [0.5, 0.6) is 0 Å². The van der Waals surface area contributed by atoms with Gasteiger partial charge in [-0.2, -0.15) is 0 Å². The van der Waals surface area contributed by atoms with Crippen molar-refractivity contribution < 1.29 is 5.11 Å². The molecule has 0 amide bonds. The summed E-state index contributed by atoms with van der Waals surface area (Å²) in [6, 6.07) is 3.37. The fourth-order valence-corrected chi connectivity index (χ4v) is 1.67. The molecule has 3 nitrogen and oxygen atoms in total. The van der Waals surface area contributed by atoms with E-state index < -0.39 is 0 Å². The van der Waals surface area contributed by atoms with E-state index in [1.165, 1.54) is 0 Å². The summed E-state index contributed by atoms with van der Waals surface area (Å²) in [4.78, 5) is 6.14. The van der Waals surface area contributed by atoms with Crippen LogP contribution in [0.25, 0.3) is 0 Å². The molecule has 0 aromatic carbocycles. The molecule has 0 saturated carbocycles. The van der Waals surface area contributed by atoms with Crippen molar-refractivity contribution in [3.05, 3.63) is 40.7 Å². The molecule has 1 heterocycles. The average Bonchev–Trinajstić information content (AvgIpc) is 2.24. The molecule has 1 N–H and O–H groups in total.